The first-order valence-corrected chi connectivity index (χ1v) is 7.34. The van der Waals surface area contributed by atoms with Crippen LogP contribution in [0.3, 0.4) is 0 Å². The number of carbonyl (C=O) groups is 1. The van der Waals surface area contributed by atoms with Gasteiger partial charge in [-0.15, -0.1) is 0 Å². The van der Waals surface area contributed by atoms with Crippen molar-refractivity contribution in [2.24, 2.45) is 0 Å². The third-order valence-electron chi connectivity index (χ3n) is 3.62. The van der Waals surface area contributed by atoms with E-state index in [1.807, 2.05) is 24.3 Å². The molecular formula is C18H15N3O2. The van der Waals surface area contributed by atoms with Crippen molar-refractivity contribution >= 4 is 17.0 Å². The van der Waals surface area contributed by atoms with Gasteiger partial charge in [0.15, 0.2) is 0 Å². The van der Waals surface area contributed by atoms with E-state index in [2.05, 4.69) is 16.0 Å². The average Bonchev–Trinajstić information content (AvgIpc) is 3.01. The predicted octanol–water partition coefficient (Wildman–Crippen LogP) is 3.20. The lowest BCUT2D eigenvalue weighted by Crippen LogP contribution is -2.04. The van der Waals surface area contributed by atoms with Crippen LogP contribution in [0.1, 0.15) is 34.1 Å². The Hall–Kier alpha value is -3.13. The van der Waals surface area contributed by atoms with Gasteiger partial charge >= 0.3 is 5.97 Å². The molecule has 3 rings (SSSR count). The quantitative estimate of drug-likeness (QED) is 0.751. The summed E-state index contributed by atoms with van der Waals surface area (Å²) in [5, 5.41) is 9.21. The number of hydrogen-bond donors (Lipinski definition) is 1. The first kappa shape index (κ1) is 14.8. The lowest BCUT2D eigenvalue weighted by Gasteiger charge is -2.05. The summed E-state index contributed by atoms with van der Waals surface area (Å²) in [5.74, 6) is -0.395. The second-order valence-corrected chi connectivity index (χ2v) is 5.08. The Balaban J connectivity index is 2.01. The van der Waals surface area contributed by atoms with E-state index in [-0.39, 0.29) is 0 Å². The lowest BCUT2D eigenvalue weighted by atomic mass is 10.0. The maximum atomic E-state index is 11.9. The van der Waals surface area contributed by atoms with Crippen LogP contribution in [0.25, 0.3) is 11.0 Å². The number of nitrogens with zero attached hydrogens (tertiary/aromatic N) is 2. The van der Waals surface area contributed by atoms with Gasteiger partial charge in [-0.2, -0.15) is 5.26 Å². The van der Waals surface area contributed by atoms with E-state index in [9.17, 15) is 10.1 Å². The molecule has 1 aromatic carbocycles. The molecule has 114 valence electrons. The van der Waals surface area contributed by atoms with E-state index >= 15 is 0 Å². The molecule has 0 atom stereocenters. The number of pyridine rings is 1. The minimum Gasteiger partial charge on any atom is -0.461 e. The van der Waals surface area contributed by atoms with Crippen LogP contribution in [0.4, 0.5) is 0 Å². The zero-order valence-electron chi connectivity index (χ0n) is 12.7. The van der Waals surface area contributed by atoms with E-state index in [0.717, 1.165) is 16.6 Å². The van der Waals surface area contributed by atoms with E-state index in [0.29, 0.717) is 29.8 Å². The zero-order valence-corrected chi connectivity index (χ0v) is 12.7. The van der Waals surface area contributed by atoms with Crippen LogP contribution in [0.15, 0.2) is 42.6 Å². The number of nitrogens with one attached hydrogen (secondary N) is 1. The second kappa shape index (κ2) is 6.32. The van der Waals surface area contributed by atoms with Crippen LogP contribution >= 0.6 is 0 Å². The highest BCUT2D eigenvalue weighted by Gasteiger charge is 2.14. The number of esters is 1. The van der Waals surface area contributed by atoms with Gasteiger partial charge in [0.1, 0.15) is 5.69 Å². The van der Waals surface area contributed by atoms with Crippen LogP contribution in [-0.2, 0) is 11.2 Å². The number of ether oxygens (including phenoxy) is 1. The Morgan fingerprint density at radius 1 is 1.30 bits per heavy atom. The van der Waals surface area contributed by atoms with Crippen molar-refractivity contribution in [2.75, 3.05) is 6.61 Å². The molecule has 0 fully saturated rings. The molecule has 0 unspecified atom stereocenters. The number of nitriles is 1. The Morgan fingerprint density at radius 3 is 2.91 bits per heavy atom. The maximum absolute atomic E-state index is 11.9. The molecule has 3 aromatic rings. The van der Waals surface area contributed by atoms with Gasteiger partial charge in [-0.1, -0.05) is 18.2 Å². The Bertz CT molecular complexity index is 906. The molecule has 0 aliphatic rings. The predicted molar refractivity (Wildman–Crippen MR) is 86.0 cm³/mol. The molecule has 0 aliphatic carbocycles. The molecule has 2 aromatic heterocycles. The molecule has 0 radical (unpaired) electrons. The fraction of sp³-hybridized carbons (Fsp3) is 0.167. The second-order valence-electron chi connectivity index (χ2n) is 5.08. The Labute approximate surface area is 133 Å². The molecule has 0 bridgehead atoms. The molecule has 0 spiro atoms. The van der Waals surface area contributed by atoms with Crippen molar-refractivity contribution in [1.29, 1.82) is 5.26 Å². The van der Waals surface area contributed by atoms with Gasteiger partial charge in [-0.05, 0) is 36.2 Å². The summed E-state index contributed by atoms with van der Waals surface area (Å²) in [6.07, 6.45) is 2.29. The topological polar surface area (TPSA) is 78.8 Å². The molecule has 0 aliphatic heterocycles. The summed E-state index contributed by atoms with van der Waals surface area (Å²) in [7, 11) is 0. The number of rotatable bonds is 4. The highest BCUT2D eigenvalue weighted by Crippen LogP contribution is 2.22. The van der Waals surface area contributed by atoms with Crippen molar-refractivity contribution < 1.29 is 9.53 Å². The number of benzene rings is 1. The fourth-order valence-corrected chi connectivity index (χ4v) is 2.54. The molecule has 0 saturated heterocycles. The third-order valence-corrected chi connectivity index (χ3v) is 3.62. The van der Waals surface area contributed by atoms with Crippen LogP contribution < -0.4 is 0 Å². The van der Waals surface area contributed by atoms with Gasteiger partial charge in [0.05, 0.1) is 29.3 Å². The summed E-state index contributed by atoms with van der Waals surface area (Å²) >= 11 is 0. The highest BCUT2D eigenvalue weighted by atomic mass is 16.5. The number of carbonyl (C=O) groups excluding carboxylic acids is 1. The monoisotopic (exact) mass is 305 g/mol. The smallest absolute Gasteiger partial charge is 0.354 e. The normalized spacial score (nSPS) is 10.4. The molecule has 5 heteroatoms. The van der Waals surface area contributed by atoms with Gasteiger partial charge in [-0.25, -0.2) is 4.79 Å². The number of aromatic nitrogens is 2. The van der Waals surface area contributed by atoms with Gasteiger partial charge < -0.3 is 9.72 Å². The van der Waals surface area contributed by atoms with E-state index in [4.69, 9.17) is 4.74 Å². The first-order valence-electron chi connectivity index (χ1n) is 7.34. The summed E-state index contributed by atoms with van der Waals surface area (Å²) in [6.45, 7) is 2.09. The van der Waals surface area contributed by atoms with Crippen molar-refractivity contribution in [3.05, 3.63) is 65.0 Å². The Morgan fingerprint density at radius 2 is 2.13 bits per heavy atom. The SMILES string of the molecule is CCOC(=O)c1cc2nccc(Cc3ccccc3C#N)c2[nH]1. The summed E-state index contributed by atoms with van der Waals surface area (Å²) < 4.78 is 5.01. The maximum Gasteiger partial charge on any atom is 0.354 e. The highest BCUT2D eigenvalue weighted by molar-refractivity contribution is 5.94. The standard InChI is InChI=1S/C18H15N3O2/c1-2-23-18(22)16-10-15-17(21-16)13(7-8-20-15)9-12-5-3-4-6-14(12)11-19/h3-8,10,21H,2,9H2,1H3. The number of hydrogen-bond acceptors (Lipinski definition) is 4. The first-order chi connectivity index (χ1) is 11.2. The van der Waals surface area contributed by atoms with Crippen molar-refractivity contribution in [2.45, 2.75) is 13.3 Å². The number of fused-ring (bicyclic) bond motifs is 1. The summed E-state index contributed by atoms with van der Waals surface area (Å²) in [6, 6.07) is 13.3. The molecule has 0 saturated carbocycles. The van der Waals surface area contributed by atoms with E-state index < -0.39 is 5.97 Å². The molecule has 5 nitrogen and oxygen atoms in total. The van der Waals surface area contributed by atoms with Crippen molar-refractivity contribution in [3.63, 3.8) is 0 Å². The third kappa shape index (κ3) is 2.92. The van der Waals surface area contributed by atoms with Gasteiger partial charge in [0, 0.05) is 12.6 Å². The van der Waals surface area contributed by atoms with Crippen LogP contribution in [-0.4, -0.2) is 22.5 Å². The molecule has 2 heterocycles. The van der Waals surface area contributed by atoms with Crippen LogP contribution in [0.2, 0.25) is 0 Å². The minimum atomic E-state index is -0.395. The van der Waals surface area contributed by atoms with Crippen molar-refractivity contribution in [3.8, 4) is 6.07 Å². The summed E-state index contributed by atoms with van der Waals surface area (Å²) in [5.41, 5.74) is 4.45. The van der Waals surface area contributed by atoms with Gasteiger partial charge in [0.2, 0.25) is 0 Å². The largest absolute Gasteiger partial charge is 0.461 e. The average molecular weight is 305 g/mol. The number of H-pyrrole nitrogens is 1. The van der Waals surface area contributed by atoms with Gasteiger partial charge in [0.25, 0.3) is 0 Å². The number of aromatic amines is 1. The molecule has 23 heavy (non-hydrogen) atoms. The van der Waals surface area contributed by atoms with Gasteiger partial charge in [-0.3, -0.25) is 4.98 Å². The van der Waals surface area contributed by atoms with E-state index in [1.165, 1.54) is 0 Å². The molecular weight excluding hydrogens is 290 g/mol. The molecule has 0 amide bonds. The van der Waals surface area contributed by atoms with Crippen LogP contribution in [0, 0.1) is 11.3 Å². The van der Waals surface area contributed by atoms with Crippen molar-refractivity contribution in [1.82, 2.24) is 9.97 Å². The molecule has 1 N–H and O–H groups in total. The summed E-state index contributed by atoms with van der Waals surface area (Å²) in [4.78, 5) is 19.2. The Kier molecular flexibility index (Phi) is 4.07. The van der Waals surface area contributed by atoms with Crippen LogP contribution in [0.5, 0.6) is 0 Å². The lowest BCUT2D eigenvalue weighted by molar-refractivity contribution is 0.0520. The minimum absolute atomic E-state index is 0.323. The fourth-order valence-electron chi connectivity index (χ4n) is 2.54. The zero-order chi connectivity index (χ0) is 16.2. The van der Waals surface area contributed by atoms with E-state index in [1.54, 1.807) is 25.3 Å².